The van der Waals surface area contributed by atoms with Crippen molar-refractivity contribution in [3.63, 3.8) is 0 Å². The number of thiophene rings is 1. The van der Waals surface area contributed by atoms with Crippen LogP contribution in [-0.2, 0) is 32.4 Å². The highest BCUT2D eigenvalue weighted by Crippen LogP contribution is 2.39. The van der Waals surface area contributed by atoms with Gasteiger partial charge >= 0.3 is 5.97 Å². The molecule has 3 rings (SSSR count). The van der Waals surface area contributed by atoms with Crippen molar-refractivity contribution in [3.8, 4) is 0 Å². The SMILES string of the molecule is CC[C@@H](C)OC(=O)c1c(NC(=O)C2CCN(S(C)(=O)=O)CC2)sc2c1CCCC2. The normalized spacial score (nSPS) is 19.4. The summed E-state index contributed by atoms with van der Waals surface area (Å²) < 4.78 is 30.3. The van der Waals surface area contributed by atoms with Gasteiger partial charge in [-0.3, -0.25) is 4.79 Å². The Kier molecular flexibility index (Phi) is 7.01. The van der Waals surface area contributed by atoms with Crippen LogP contribution in [0.1, 0.15) is 66.8 Å². The van der Waals surface area contributed by atoms with Crippen LogP contribution >= 0.6 is 11.3 Å². The van der Waals surface area contributed by atoms with Crippen molar-refractivity contribution in [1.29, 1.82) is 0 Å². The van der Waals surface area contributed by atoms with E-state index in [4.69, 9.17) is 4.74 Å². The zero-order chi connectivity index (χ0) is 21.2. The van der Waals surface area contributed by atoms with E-state index in [2.05, 4.69) is 5.32 Å². The molecule has 1 saturated heterocycles. The zero-order valence-electron chi connectivity index (χ0n) is 17.3. The molecule has 7 nitrogen and oxygen atoms in total. The first-order valence-corrected chi connectivity index (χ1v) is 13.0. The number of amides is 1. The van der Waals surface area contributed by atoms with Crippen LogP contribution in [0.5, 0.6) is 0 Å². The van der Waals surface area contributed by atoms with Gasteiger partial charge in [0, 0.05) is 23.9 Å². The number of ether oxygens (including phenoxy) is 1. The molecule has 1 aliphatic carbocycles. The van der Waals surface area contributed by atoms with Crippen molar-refractivity contribution in [1.82, 2.24) is 4.31 Å². The third-order valence-corrected chi connectivity index (χ3v) is 8.30. The summed E-state index contributed by atoms with van der Waals surface area (Å²) in [5.41, 5.74) is 1.55. The van der Waals surface area contributed by atoms with Crippen molar-refractivity contribution in [2.45, 2.75) is 64.9 Å². The maximum atomic E-state index is 12.9. The lowest BCUT2D eigenvalue weighted by Gasteiger charge is -2.29. The van der Waals surface area contributed by atoms with Gasteiger partial charge in [-0.15, -0.1) is 11.3 Å². The van der Waals surface area contributed by atoms with Crippen molar-refractivity contribution in [3.05, 3.63) is 16.0 Å². The summed E-state index contributed by atoms with van der Waals surface area (Å²) in [7, 11) is -3.23. The summed E-state index contributed by atoms with van der Waals surface area (Å²) in [4.78, 5) is 26.9. The molecule has 0 bridgehead atoms. The maximum Gasteiger partial charge on any atom is 0.341 e. The Balaban J connectivity index is 1.75. The maximum absolute atomic E-state index is 12.9. The van der Waals surface area contributed by atoms with Crippen LogP contribution in [0.4, 0.5) is 5.00 Å². The largest absolute Gasteiger partial charge is 0.459 e. The summed E-state index contributed by atoms with van der Waals surface area (Å²) in [5.74, 6) is -0.763. The third-order valence-electron chi connectivity index (χ3n) is 5.79. The number of esters is 1. The molecule has 2 heterocycles. The minimum atomic E-state index is -3.23. The third kappa shape index (κ3) is 5.19. The molecule has 9 heteroatoms. The highest BCUT2D eigenvalue weighted by atomic mass is 32.2. The number of aryl methyl sites for hydroxylation is 1. The lowest BCUT2D eigenvalue weighted by molar-refractivity contribution is -0.120. The number of nitrogens with one attached hydrogen (secondary N) is 1. The van der Waals surface area contributed by atoms with Crippen LogP contribution in [0.15, 0.2) is 0 Å². The van der Waals surface area contributed by atoms with Crippen molar-refractivity contribution < 1.29 is 22.7 Å². The second kappa shape index (κ2) is 9.14. The van der Waals surface area contributed by atoms with E-state index < -0.39 is 10.0 Å². The van der Waals surface area contributed by atoms with E-state index in [1.165, 1.54) is 21.9 Å². The molecule has 1 amide bonds. The van der Waals surface area contributed by atoms with E-state index in [9.17, 15) is 18.0 Å². The Morgan fingerprint density at radius 1 is 1.24 bits per heavy atom. The number of sulfonamides is 1. The van der Waals surface area contributed by atoms with Gasteiger partial charge in [0.15, 0.2) is 0 Å². The number of nitrogens with zero attached hydrogens (tertiary/aromatic N) is 1. The number of rotatable bonds is 6. The van der Waals surface area contributed by atoms with Crippen molar-refractivity contribution in [2.24, 2.45) is 5.92 Å². The topological polar surface area (TPSA) is 92.8 Å². The fraction of sp³-hybridized carbons (Fsp3) is 0.700. The first kappa shape index (κ1) is 22.2. The van der Waals surface area contributed by atoms with E-state index in [1.54, 1.807) is 0 Å². The second-order valence-corrected chi connectivity index (χ2v) is 11.1. The Hall–Kier alpha value is -1.45. The summed E-state index contributed by atoms with van der Waals surface area (Å²) >= 11 is 1.48. The molecule has 0 aromatic carbocycles. The molecule has 1 fully saturated rings. The highest BCUT2D eigenvalue weighted by molar-refractivity contribution is 7.88. The van der Waals surface area contributed by atoms with E-state index in [1.807, 2.05) is 13.8 Å². The number of anilines is 1. The van der Waals surface area contributed by atoms with E-state index in [0.29, 0.717) is 36.5 Å². The first-order chi connectivity index (χ1) is 13.7. The fourth-order valence-electron chi connectivity index (χ4n) is 3.86. The molecule has 0 radical (unpaired) electrons. The summed E-state index contributed by atoms with van der Waals surface area (Å²) in [6.45, 7) is 4.53. The van der Waals surface area contributed by atoms with Crippen LogP contribution in [0, 0.1) is 5.92 Å². The number of hydrogen-bond acceptors (Lipinski definition) is 6. The van der Waals surface area contributed by atoms with Crippen molar-refractivity contribution >= 4 is 38.2 Å². The summed E-state index contributed by atoms with van der Waals surface area (Å²) in [5, 5.41) is 3.56. The summed E-state index contributed by atoms with van der Waals surface area (Å²) in [6, 6.07) is 0. The van der Waals surface area contributed by atoms with E-state index in [0.717, 1.165) is 42.5 Å². The Morgan fingerprint density at radius 2 is 1.90 bits per heavy atom. The van der Waals surface area contributed by atoms with Gasteiger partial charge in [0.1, 0.15) is 5.00 Å². The second-order valence-electron chi connectivity index (χ2n) is 7.96. The Bertz CT molecular complexity index is 870. The molecule has 0 spiro atoms. The van der Waals surface area contributed by atoms with Crippen LogP contribution in [0.25, 0.3) is 0 Å². The molecule has 162 valence electrons. The van der Waals surface area contributed by atoms with Gasteiger partial charge in [-0.05, 0) is 57.4 Å². The monoisotopic (exact) mass is 442 g/mol. The van der Waals surface area contributed by atoms with Gasteiger partial charge < -0.3 is 10.1 Å². The molecular weight excluding hydrogens is 412 g/mol. The minimum absolute atomic E-state index is 0.144. The predicted molar refractivity (Wildman–Crippen MR) is 114 cm³/mol. The summed E-state index contributed by atoms with van der Waals surface area (Å²) in [6.07, 6.45) is 6.59. The average Bonchev–Trinajstić information content (AvgIpc) is 3.05. The Labute approximate surface area is 176 Å². The number of carbonyl (C=O) groups is 2. The quantitative estimate of drug-likeness (QED) is 0.683. The highest BCUT2D eigenvalue weighted by Gasteiger charge is 2.32. The van der Waals surface area contributed by atoms with Gasteiger partial charge in [0.25, 0.3) is 0 Å². The lowest BCUT2D eigenvalue weighted by Crippen LogP contribution is -2.40. The lowest BCUT2D eigenvalue weighted by atomic mass is 9.95. The molecule has 29 heavy (non-hydrogen) atoms. The smallest absolute Gasteiger partial charge is 0.341 e. The van der Waals surface area contributed by atoms with Crippen LogP contribution in [-0.4, -0.2) is 50.0 Å². The van der Waals surface area contributed by atoms with Crippen molar-refractivity contribution in [2.75, 3.05) is 24.7 Å². The molecule has 0 unspecified atom stereocenters. The number of hydrogen-bond donors (Lipinski definition) is 1. The minimum Gasteiger partial charge on any atom is -0.459 e. The van der Waals surface area contributed by atoms with E-state index in [-0.39, 0.29) is 23.9 Å². The van der Waals surface area contributed by atoms with E-state index >= 15 is 0 Å². The van der Waals surface area contributed by atoms with Crippen LogP contribution in [0.2, 0.25) is 0 Å². The van der Waals surface area contributed by atoms with Gasteiger partial charge in [-0.25, -0.2) is 17.5 Å². The van der Waals surface area contributed by atoms with Gasteiger partial charge in [-0.2, -0.15) is 0 Å². The molecule has 1 aliphatic heterocycles. The standard InChI is InChI=1S/C20H30N2O5S2/c1-4-13(2)27-20(24)17-15-7-5-6-8-16(15)28-19(17)21-18(23)14-9-11-22(12-10-14)29(3,25)26/h13-14H,4-12H2,1-3H3,(H,21,23)/t13-/m1/s1. The predicted octanol–water partition coefficient (Wildman–Crippen LogP) is 3.19. The molecule has 1 N–H and O–H groups in total. The fourth-order valence-corrected chi connectivity index (χ4v) is 6.01. The molecule has 2 aliphatic rings. The molecule has 1 aromatic rings. The number of fused-ring (bicyclic) bond motifs is 1. The zero-order valence-corrected chi connectivity index (χ0v) is 19.0. The Morgan fingerprint density at radius 3 is 2.52 bits per heavy atom. The van der Waals surface area contributed by atoms with Gasteiger partial charge in [0.05, 0.1) is 17.9 Å². The molecular formula is C20H30N2O5S2. The van der Waals surface area contributed by atoms with Gasteiger partial charge in [0.2, 0.25) is 15.9 Å². The molecule has 1 aromatic heterocycles. The van der Waals surface area contributed by atoms with Crippen LogP contribution < -0.4 is 5.32 Å². The van der Waals surface area contributed by atoms with Crippen LogP contribution in [0.3, 0.4) is 0 Å². The first-order valence-electron chi connectivity index (χ1n) is 10.3. The average molecular weight is 443 g/mol. The molecule has 0 saturated carbocycles. The molecule has 1 atom stereocenters. The number of carbonyl (C=O) groups excluding carboxylic acids is 2. The number of piperidine rings is 1. The van der Waals surface area contributed by atoms with Gasteiger partial charge in [-0.1, -0.05) is 6.92 Å².